The van der Waals surface area contributed by atoms with E-state index in [1.54, 1.807) is 42.7 Å². The molecule has 0 aliphatic carbocycles. The molecule has 1 aliphatic heterocycles. The van der Waals surface area contributed by atoms with Crippen molar-refractivity contribution < 1.29 is 28.4 Å². The highest BCUT2D eigenvalue weighted by Gasteiger charge is 2.20. The molecule has 2 aromatic heterocycles. The van der Waals surface area contributed by atoms with E-state index in [1.807, 2.05) is 49.1 Å². The number of rotatable bonds is 12. The molecule has 0 unspecified atom stereocenters. The fourth-order valence-electron chi connectivity index (χ4n) is 5.58. The number of hydrogen-bond acceptors (Lipinski definition) is 10. The zero-order chi connectivity index (χ0) is 31.1. The summed E-state index contributed by atoms with van der Waals surface area (Å²) in [6, 6.07) is 12.2. The van der Waals surface area contributed by atoms with E-state index < -0.39 is 0 Å². The molecule has 44 heavy (non-hydrogen) atoms. The summed E-state index contributed by atoms with van der Waals surface area (Å²) in [4.78, 5) is 14.0. The molecule has 0 spiro atoms. The van der Waals surface area contributed by atoms with E-state index >= 15 is 0 Å². The van der Waals surface area contributed by atoms with E-state index in [0.29, 0.717) is 34.5 Å². The average Bonchev–Trinajstić information content (AvgIpc) is 3.07. The minimum Gasteiger partial charge on any atom is -0.493 e. The first-order valence-corrected chi connectivity index (χ1v) is 14.4. The molecule has 0 amide bonds. The van der Waals surface area contributed by atoms with E-state index in [-0.39, 0.29) is 0 Å². The lowest BCUT2D eigenvalue weighted by Gasteiger charge is -2.34. The van der Waals surface area contributed by atoms with Crippen LogP contribution >= 0.6 is 0 Å². The fraction of sp³-hybridized carbons (Fsp3) is 0.353. The number of aromatic nitrogens is 2. The van der Waals surface area contributed by atoms with E-state index in [1.165, 1.54) is 0 Å². The highest BCUT2D eigenvalue weighted by Crippen LogP contribution is 2.42. The molecule has 1 aliphatic rings. The van der Waals surface area contributed by atoms with Gasteiger partial charge in [-0.2, -0.15) is 0 Å². The van der Waals surface area contributed by atoms with Crippen LogP contribution < -0.4 is 28.4 Å². The smallest absolute Gasteiger partial charge is 0.203 e. The zero-order valence-electron chi connectivity index (χ0n) is 26.3. The number of nitrogens with zero attached hydrogens (tertiary/aromatic N) is 4. The molecular weight excluding hydrogens is 560 g/mol. The molecule has 2 aromatic carbocycles. The van der Waals surface area contributed by atoms with Gasteiger partial charge in [0.15, 0.2) is 23.0 Å². The van der Waals surface area contributed by atoms with Crippen LogP contribution in [0.3, 0.4) is 0 Å². The third-order valence-electron chi connectivity index (χ3n) is 7.86. The molecule has 0 radical (unpaired) electrons. The van der Waals surface area contributed by atoms with Gasteiger partial charge in [0, 0.05) is 75.2 Å². The normalized spacial score (nSPS) is 13.8. The van der Waals surface area contributed by atoms with Gasteiger partial charge < -0.3 is 28.4 Å². The predicted octanol–water partition coefficient (Wildman–Crippen LogP) is 5.18. The lowest BCUT2D eigenvalue weighted by molar-refractivity contribution is 0.122. The van der Waals surface area contributed by atoms with Crippen LogP contribution in [0.15, 0.2) is 61.2 Å². The Kier molecular flexibility index (Phi) is 10.0. The number of benzene rings is 2. The number of pyridine rings is 2. The average molecular weight is 601 g/mol. The van der Waals surface area contributed by atoms with E-state index in [4.69, 9.17) is 28.4 Å². The van der Waals surface area contributed by atoms with Gasteiger partial charge in [0.05, 0.1) is 42.7 Å². The standard InChI is InChI=1S/C34H40N4O6/c1-39-29-13-25(14-30(40-2)33(29)43-5)27-11-23(17-35-19-27)21-37-7-9-38(10-8-37)22-24-12-28(20-36-18-24)26-15-31(41-3)34(44-6)32(16-26)42-4/h11-20H,7-10,21-22H2,1-6H3. The number of piperazine rings is 1. The van der Waals surface area contributed by atoms with Gasteiger partial charge in [0.2, 0.25) is 11.5 Å². The molecule has 0 N–H and O–H groups in total. The Hall–Kier alpha value is -4.54. The monoisotopic (exact) mass is 600 g/mol. The van der Waals surface area contributed by atoms with Crippen molar-refractivity contribution in [2.45, 2.75) is 13.1 Å². The van der Waals surface area contributed by atoms with E-state index in [2.05, 4.69) is 31.9 Å². The molecule has 10 nitrogen and oxygen atoms in total. The van der Waals surface area contributed by atoms with Crippen molar-refractivity contribution in [3.8, 4) is 56.8 Å². The lowest BCUT2D eigenvalue weighted by atomic mass is 10.0. The fourth-order valence-corrected chi connectivity index (χ4v) is 5.58. The van der Waals surface area contributed by atoms with Gasteiger partial charge in [-0.05, 0) is 58.7 Å². The largest absolute Gasteiger partial charge is 0.493 e. The van der Waals surface area contributed by atoms with Crippen LogP contribution in [0.4, 0.5) is 0 Å². The second-order valence-corrected chi connectivity index (χ2v) is 10.5. The zero-order valence-corrected chi connectivity index (χ0v) is 26.3. The van der Waals surface area contributed by atoms with Gasteiger partial charge in [-0.25, -0.2) is 0 Å². The van der Waals surface area contributed by atoms with Crippen LogP contribution in [0.1, 0.15) is 11.1 Å². The van der Waals surface area contributed by atoms with Crippen molar-refractivity contribution >= 4 is 0 Å². The van der Waals surface area contributed by atoms with Crippen molar-refractivity contribution in [1.29, 1.82) is 0 Å². The second kappa shape index (κ2) is 14.3. The third-order valence-corrected chi connectivity index (χ3v) is 7.86. The Bertz CT molecular complexity index is 1400. The summed E-state index contributed by atoms with van der Waals surface area (Å²) in [6.07, 6.45) is 7.60. The maximum absolute atomic E-state index is 5.54. The SMILES string of the molecule is COc1cc(-c2cncc(CN3CCN(Cc4cncc(-c5cc(OC)c(OC)c(OC)c5)c4)CC3)c2)cc(OC)c1OC. The van der Waals surface area contributed by atoms with Gasteiger partial charge in [0.25, 0.3) is 0 Å². The topological polar surface area (TPSA) is 87.6 Å². The molecule has 0 bridgehead atoms. The lowest BCUT2D eigenvalue weighted by Crippen LogP contribution is -2.45. The number of ether oxygens (including phenoxy) is 6. The minimum absolute atomic E-state index is 0.574. The van der Waals surface area contributed by atoms with Crippen molar-refractivity contribution in [2.75, 3.05) is 68.8 Å². The summed E-state index contributed by atoms with van der Waals surface area (Å²) in [5, 5.41) is 0. The summed E-state index contributed by atoms with van der Waals surface area (Å²) in [7, 11) is 9.70. The molecule has 1 saturated heterocycles. The molecule has 10 heteroatoms. The Morgan fingerprint density at radius 2 is 0.795 bits per heavy atom. The molecular formula is C34H40N4O6. The highest BCUT2D eigenvalue weighted by molar-refractivity contribution is 5.72. The first-order valence-electron chi connectivity index (χ1n) is 14.4. The molecule has 0 saturated carbocycles. The Balaban J connectivity index is 1.22. The summed E-state index contributed by atoms with van der Waals surface area (Å²) < 4.78 is 33.1. The number of methoxy groups -OCH3 is 6. The van der Waals surface area contributed by atoms with Crippen molar-refractivity contribution in [3.63, 3.8) is 0 Å². The van der Waals surface area contributed by atoms with Crippen LogP contribution in [-0.4, -0.2) is 88.6 Å². The molecule has 1 fully saturated rings. The summed E-state index contributed by atoms with van der Waals surface area (Å²) in [5.74, 6) is 3.62. The van der Waals surface area contributed by atoms with Gasteiger partial charge in [0.1, 0.15) is 0 Å². The van der Waals surface area contributed by atoms with Gasteiger partial charge in [-0.3, -0.25) is 19.8 Å². The first kappa shape index (κ1) is 30.9. The number of hydrogen-bond donors (Lipinski definition) is 0. The van der Waals surface area contributed by atoms with Crippen molar-refractivity contribution in [2.24, 2.45) is 0 Å². The van der Waals surface area contributed by atoms with Crippen LogP contribution in [-0.2, 0) is 13.1 Å². The maximum atomic E-state index is 5.54. The molecule has 232 valence electrons. The van der Waals surface area contributed by atoms with Crippen LogP contribution in [0.2, 0.25) is 0 Å². The van der Waals surface area contributed by atoms with Crippen LogP contribution in [0.25, 0.3) is 22.3 Å². The Labute approximate surface area is 259 Å². The van der Waals surface area contributed by atoms with Gasteiger partial charge in [-0.15, -0.1) is 0 Å². The second-order valence-electron chi connectivity index (χ2n) is 10.5. The molecule has 0 atom stereocenters. The summed E-state index contributed by atoms with van der Waals surface area (Å²) >= 11 is 0. The van der Waals surface area contributed by atoms with Gasteiger partial charge in [-0.1, -0.05) is 0 Å². The van der Waals surface area contributed by atoms with Crippen LogP contribution in [0.5, 0.6) is 34.5 Å². The third kappa shape index (κ3) is 6.82. The first-order chi connectivity index (χ1) is 21.5. The minimum atomic E-state index is 0.574. The molecule has 4 aromatic rings. The van der Waals surface area contributed by atoms with Crippen LogP contribution in [0, 0.1) is 0 Å². The van der Waals surface area contributed by atoms with Gasteiger partial charge >= 0.3 is 0 Å². The summed E-state index contributed by atoms with van der Waals surface area (Å²) in [5.41, 5.74) is 6.24. The van der Waals surface area contributed by atoms with Crippen molar-refractivity contribution in [1.82, 2.24) is 19.8 Å². The Morgan fingerprint density at radius 3 is 1.09 bits per heavy atom. The highest BCUT2D eigenvalue weighted by atomic mass is 16.5. The van der Waals surface area contributed by atoms with E-state index in [9.17, 15) is 0 Å². The molecule has 5 rings (SSSR count). The van der Waals surface area contributed by atoms with E-state index in [0.717, 1.165) is 72.6 Å². The van der Waals surface area contributed by atoms with Crippen molar-refractivity contribution in [3.05, 3.63) is 72.3 Å². The maximum Gasteiger partial charge on any atom is 0.203 e. The predicted molar refractivity (Wildman–Crippen MR) is 169 cm³/mol. The quantitative estimate of drug-likeness (QED) is 0.217. The molecule has 3 heterocycles. The Morgan fingerprint density at radius 1 is 0.455 bits per heavy atom. The summed E-state index contributed by atoms with van der Waals surface area (Å²) in [6.45, 7) is 5.53.